The number of esters is 1. The molecule has 6 fully saturated rings. The molecule has 4 aliphatic heterocycles. The zero-order valence-electron chi connectivity index (χ0n) is 80.8. The van der Waals surface area contributed by atoms with Crippen LogP contribution in [0.15, 0.2) is 157 Å². The highest BCUT2D eigenvalue weighted by Gasteiger charge is 2.53. The summed E-state index contributed by atoms with van der Waals surface area (Å²) < 4.78 is 120. The number of nitrogens with one attached hydrogen (secondary N) is 3. The number of aromatic hydroxyl groups is 1. The monoisotopic (exact) mass is 2010 g/mol. The molecule has 146 heavy (non-hydrogen) atoms. The highest BCUT2D eigenvalue weighted by Crippen LogP contribution is 2.50. The van der Waals surface area contributed by atoms with Crippen LogP contribution in [0.4, 0.5) is 53.4 Å². The van der Waals surface area contributed by atoms with E-state index in [0.29, 0.717) is 117 Å². The van der Waals surface area contributed by atoms with Crippen LogP contribution in [0.25, 0.3) is 33.6 Å². The summed E-state index contributed by atoms with van der Waals surface area (Å²) in [4.78, 5) is 103. The third-order valence-electron chi connectivity index (χ3n) is 27.9. The number of nitrogens with zero attached hydrogens (tertiary/aromatic N) is 20. The molecule has 4 saturated heterocycles. The Balaban J connectivity index is 0.000000154. The van der Waals surface area contributed by atoms with Gasteiger partial charge in [0.05, 0.1) is 118 Å². The van der Waals surface area contributed by atoms with Gasteiger partial charge in [0, 0.05) is 180 Å². The van der Waals surface area contributed by atoms with Gasteiger partial charge in [-0.1, -0.05) is 66.7 Å². The number of benzene rings is 4. The lowest BCUT2D eigenvalue weighted by Crippen LogP contribution is -2.56. The number of furan rings is 1. The number of likely N-dealkylation sites (tertiary alicyclic amines) is 4. The lowest BCUT2D eigenvalue weighted by molar-refractivity contribution is -0.139. The van der Waals surface area contributed by atoms with E-state index in [1.807, 2.05) is 97.9 Å². The fourth-order valence-corrected chi connectivity index (χ4v) is 19.1. The lowest BCUT2D eigenvalue weighted by atomic mass is 9.71. The molecule has 11 heterocycles. The number of piperidine rings is 4. The van der Waals surface area contributed by atoms with E-state index >= 15 is 22.0 Å². The molecular weight excluding hydrogens is 1900 g/mol. The normalized spacial score (nSPS) is 21.3. The smallest absolute Gasteiger partial charge is 0.412 e. The van der Waals surface area contributed by atoms with E-state index in [0.717, 1.165) is 36.6 Å². The molecule has 6 aliphatic rings. The molecule has 2 aliphatic carbocycles. The summed E-state index contributed by atoms with van der Waals surface area (Å²) in [5, 5.41) is 81.8. The molecule has 4 aromatic carbocycles. The fourth-order valence-electron chi connectivity index (χ4n) is 19.1. The van der Waals surface area contributed by atoms with Crippen LogP contribution in [0.1, 0.15) is 167 Å². The predicted octanol–water partition coefficient (Wildman–Crippen LogP) is 11.7. The lowest BCUT2D eigenvalue weighted by Gasteiger charge is -2.51. The third kappa shape index (κ3) is 23.4. The van der Waals surface area contributed by atoms with Crippen LogP contribution in [-0.4, -0.2) is 229 Å². The van der Waals surface area contributed by atoms with E-state index in [1.165, 1.54) is 77.7 Å². The molecule has 7 amide bonds. The van der Waals surface area contributed by atoms with Crippen LogP contribution in [0.3, 0.4) is 0 Å². The van der Waals surface area contributed by atoms with Gasteiger partial charge < -0.3 is 52.0 Å². The maximum absolute atomic E-state index is 15.9. The summed E-state index contributed by atoms with van der Waals surface area (Å²) in [6.45, 7) is 8.39. The summed E-state index contributed by atoms with van der Waals surface area (Å²) in [6, 6.07) is 38.2. The number of phenolic OH excluding ortho intramolecular Hbond substituents is 1. The Hall–Kier alpha value is -16.0. The Morgan fingerprint density at radius 1 is 0.507 bits per heavy atom. The Kier molecular flexibility index (Phi) is 33.1. The molecule has 6 atom stereocenters. The van der Waals surface area contributed by atoms with Crippen molar-refractivity contribution in [3.05, 3.63) is 215 Å². The Morgan fingerprint density at radius 3 is 1.36 bits per heavy atom. The van der Waals surface area contributed by atoms with Gasteiger partial charge >= 0.3 is 18.2 Å². The number of ether oxygens (including phenoxy) is 3. The Morgan fingerprint density at radius 2 is 0.952 bits per heavy atom. The second kappa shape index (κ2) is 45.7. The maximum atomic E-state index is 15.9. The van der Waals surface area contributed by atoms with Gasteiger partial charge in [-0.25, -0.2) is 35.9 Å². The van der Waals surface area contributed by atoms with Gasteiger partial charge in [0.25, 0.3) is 23.6 Å². The molecule has 766 valence electrons. The van der Waals surface area contributed by atoms with Crippen molar-refractivity contribution in [3.63, 3.8) is 0 Å². The molecule has 6 unspecified atom stereocenters. The molecule has 17 rings (SSSR count). The first-order chi connectivity index (χ1) is 70.0. The van der Waals surface area contributed by atoms with Crippen molar-refractivity contribution in [2.45, 2.75) is 189 Å². The average Bonchev–Trinajstić information content (AvgIpc) is 1.13. The third-order valence-corrected chi connectivity index (χ3v) is 27.9. The standard InChI is InChI=1S/C27H30F2N8O2.C25H28F2N8O3.C25H26FN5O5.C23H27FN6O3/c1-2-36-11-7-22(33-36)18-5-6-19(21(28)13-18)14-35-12-9-27(8-10-30,23(29)16-35)37-15-20(24(31)38)25(34-37)32-26(39)17-3-4-17;1-3-34-10-6-20(31-34)16-4-5-17(19(26)12-16)13-33-11-8-25(7-9-28,21(27)15-33)35-14-18(22(29)36)23(32-35)30-24(37)38-2;1-35-23(33)11-20-19(24(28)34)13-31(29-20)25(5-7-27)6-8-30(14-22(25)26)12-16-2-3-18(21(32)10-16)17-4-9-36-15-17;1-33-21(32)27-20-18(19(26)31)15-30(28-20)22(7-10-25)8-11-29(12-9-22)17-13-23(24,14-17)16-5-3-2-4-6-16/h5-7,11,13,15,17,23H,2-4,8-9,12,14,16H2,1H3,(H2,31,38)(H,32,34,39);4-6,10,12,14,21H,3,7-8,11,13,15H2,1-2H3,(H2,29,36)(H,30,32,37);2-4,9-10,13,15,22,32H,5-6,8,11-12,14H2,1H3,(H2,28,34);2-6,15,17H,7-9,11-14H2,1H3,(H2,26,31)(H,27,28,32). The van der Waals surface area contributed by atoms with Crippen molar-refractivity contribution >= 4 is 65.1 Å². The minimum atomic E-state index is -1.59. The second-order valence-electron chi connectivity index (χ2n) is 36.9. The quantitative estimate of drug-likeness (QED) is 0.0114. The highest BCUT2D eigenvalue weighted by molar-refractivity contribution is 6.03. The van der Waals surface area contributed by atoms with E-state index in [9.17, 15) is 68.9 Å². The maximum Gasteiger partial charge on any atom is 0.412 e. The second-order valence-corrected chi connectivity index (χ2v) is 36.9. The minimum absolute atomic E-state index is 0.00170. The number of carbonyl (C=O) groups is 8. The molecule has 2 saturated carbocycles. The number of rotatable bonds is 31. The van der Waals surface area contributed by atoms with E-state index in [1.54, 1.807) is 66.3 Å². The van der Waals surface area contributed by atoms with Crippen molar-refractivity contribution in [3.8, 4) is 63.7 Å². The molecule has 46 heteroatoms. The number of phenols is 1. The average molecular weight is 2010 g/mol. The number of nitriles is 4. The number of primary amides is 4. The van der Waals surface area contributed by atoms with Gasteiger partial charge in [-0.05, 0) is 106 Å². The van der Waals surface area contributed by atoms with Crippen LogP contribution < -0.4 is 38.9 Å². The van der Waals surface area contributed by atoms with Gasteiger partial charge in [0.15, 0.2) is 17.5 Å². The zero-order chi connectivity index (χ0) is 105. The number of alkyl halides is 4. The van der Waals surface area contributed by atoms with Crippen molar-refractivity contribution in [2.75, 3.05) is 89.6 Å². The number of carbonyl (C=O) groups excluding carboxylic acids is 8. The largest absolute Gasteiger partial charge is 0.507 e. The predicted molar refractivity (Wildman–Crippen MR) is 515 cm³/mol. The van der Waals surface area contributed by atoms with Gasteiger partial charge in [0.2, 0.25) is 5.91 Å². The molecule has 0 spiro atoms. The number of halogens is 6. The number of amides is 7. The summed E-state index contributed by atoms with van der Waals surface area (Å²) in [6.07, 6.45) is 9.15. The molecule has 11 aromatic rings. The first kappa shape index (κ1) is 106. The van der Waals surface area contributed by atoms with Crippen LogP contribution in [0.5, 0.6) is 5.75 Å². The van der Waals surface area contributed by atoms with E-state index in [4.69, 9.17) is 27.4 Å². The number of nitrogens with two attached hydrogens (primary N) is 4. The SMILES string of the molecule is CCn1ccc(-c2ccc(CN3CCC(CC#N)(n4cc(C(N)=O)c(NC(=O)C5CC5)n4)C(F)C3)c(F)c2)n1.CCn1ccc(-c2ccc(CN3CCC(CC#N)(n4cc(C(N)=O)c(NC(=O)OC)n4)C(F)C3)c(F)c2)n1.COC(=O)Cc1nn(C2(CC#N)CCN(Cc3ccc(-c4ccoc4)c(O)c3)CC2F)cc1C(N)=O.COC(=O)Nc1nn(C2(CC#N)CCN(C3CC(F)(c4ccccc4)C3)CC2)cc1C(N)=O. The van der Waals surface area contributed by atoms with Crippen molar-refractivity contribution in [2.24, 2.45) is 28.9 Å². The van der Waals surface area contributed by atoms with Crippen molar-refractivity contribution in [1.29, 1.82) is 21.0 Å². The minimum Gasteiger partial charge on any atom is -0.507 e. The topological polar surface area (TPSA) is 553 Å². The molecule has 12 N–H and O–H groups in total. The highest BCUT2D eigenvalue weighted by atomic mass is 19.2. The number of anilines is 3. The van der Waals surface area contributed by atoms with E-state index in [-0.39, 0.29) is 153 Å². The molecule has 0 radical (unpaired) electrons. The van der Waals surface area contributed by atoms with Crippen LogP contribution in [-0.2, 0) is 90.8 Å². The van der Waals surface area contributed by atoms with E-state index < -0.39 is 99.8 Å². The number of hydrogen-bond acceptors (Lipinski definition) is 27. The zero-order valence-corrected chi connectivity index (χ0v) is 80.8. The van der Waals surface area contributed by atoms with Gasteiger partial charge in [-0.15, -0.1) is 0 Å². The molecule has 7 aromatic heterocycles. The number of aromatic nitrogens is 12. The fraction of sp³-hybridized carbons (Fsp3) is 0.420. The van der Waals surface area contributed by atoms with Gasteiger partial charge in [-0.2, -0.15) is 51.6 Å². The van der Waals surface area contributed by atoms with Crippen LogP contribution in [0, 0.1) is 62.9 Å². The summed E-state index contributed by atoms with van der Waals surface area (Å²) in [5.74, 6) is -5.23. The molecule has 40 nitrogen and oxygen atoms in total. The molecule has 0 bridgehead atoms. The van der Waals surface area contributed by atoms with Crippen molar-refractivity contribution < 1.29 is 88.4 Å². The summed E-state index contributed by atoms with van der Waals surface area (Å²) in [7, 11) is 3.54. The summed E-state index contributed by atoms with van der Waals surface area (Å²) >= 11 is 0. The van der Waals surface area contributed by atoms with Gasteiger partial charge in [0.1, 0.15) is 74.9 Å². The number of hydrogen-bond donors (Lipinski definition) is 8. The van der Waals surface area contributed by atoms with Gasteiger partial charge in [-0.3, -0.25) is 87.1 Å². The van der Waals surface area contributed by atoms with E-state index in [2.05, 4.69) is 71.7 Å². The van der Waals surface area contributed by atoms with Crippen LogP contribution >= 0.6 is 0 Å². The number of methoxy groups -OCH3 is 3. The van der Waals surface area contributed by atoms with Crippen LogP contribution in [0.2, 0.25) is 0 Å². The first-order valence-electron chi connectivity index (χ1n) is 47.2. The Labute approximate surface area is 834 Å². The van der Waals surface area contributed by atoms with Crippen molar-refractivity contribution in [1.82, 2.24) is 78.3 Å². The molecular formula is C100H111F6N27O13. The first-order valence-corrected chi connectivity index (χ1v) is 47.2. The Bertz CT molecular complexity index is 6770. The summed E-state index contributed by atoms with van der Waals surface area (Å²) in [5.41, 5.74) is 22.1. The number of aryl methyl sites for hydroxylation is 2.